The fourth-order valence-corrected chi connectivity index (χ4v) is 1.78. The molecule has 0 bridgehead atoms. The van der Waals surface area contributed by atoms with Crippen LogP contribution in [0.1, 0.15) is 24.8 Å². The van der Waals surface area contributed by atoms with Crippen molar-refractivity contribution in [1.29, 1.82) is 0 Å². The topological polar surface area (TPSA) is 46.5 Å². The second-order valence-electron chi connectivity index (χ2n) is 3.55. The van der Waals surface area contributed by atoms with Crippen LogP contribution in [-0.2, 0) is 11.2 Å². The van der Waals surface area contributed by atoms with Gasteiger partial charge in [0.2, 0.25) is 0 Å². The van der Waals surface area contributed by atoms with Crippen LogP contribution in [0.2, 0.25) is 0 Å². The van der Waals surface area contributed by atoms with Crippen molar-refractivity contribution in [3.8, 4) is 0 Å². The standard InChI is InChI=1S/C12H15IO3/c13-11-7-5-10(6-8-11)4-2-1-3-9-16-12(14)15/h5-8H,1-4,9H2,(H,14,15). The van der Waals surface area contributed by atoms with Crippen molar-refractivity contribution in [2.45, 2.75) is 25.7 Å². The maximum absolute atomic E-state index is 10.1. The number of hydrogen-bond donors (Lipinski definition) is 1. The van der Waals surface area contributed by atoms with E-state index >= 15 is 0 Å². The van der Waals surface area contributed by atoms with Gasteiger partial charge in [-0.1, -0.05) is 12.1 Å². The Labute approximate surface area is 109 Å². The molecule has 0 saturated heterocycles. The van der Waals surface area contributed by atoms with Crippen molar-refractivity contribution in [1.82, 2.24) is 0 Å². The molecule has 0 unspecified atom stereocenters. The van der Waals surface area contributed by atoms with Gasteiger partial charge >= 0.3 is 6.16 Å². The molecule has 3 nitrogen and oxygen atoms in total. The lowest BCUT2D eigenvalue weighted by Crippen LogP contribution is -2.01. The van der Waals surface area contributed by atoms with E-state index in [1.165, 1.54) is 9.13 Å². The van der Waals surface area contributed by atoms with Gasteiger partial charge in [0.1, 0.15) is 0 Å². The molecule has 4 heteroatoms. The summed E-state index contributed by atoms with van der Waals surface area (Å²) in [5, 5.41) is 8.25. The van der Waals surface area contributed by atoms with Crippen molar-refractivity contribution >= 4 is 28.7 Å². The Hall–Kier alpha value is -0.780. The van der Waals surface area contributed by atoms with Crippen LogP contribution >= 0.6 is 22.6 Å². The van der Waals surface area contributed by atoms with Crippen LogP contribution in [0.5, 0.6) is 0 Å². The van der Waals surface area contributed by atoms with Gasteiger partial charge in [0.15, 0.2) is 0 Å². The summed E-state index contributed by atoms with van der Waals surface area (Å²) in [6.07, 6.45) is 2.74. The maximum Gasteiger partial charge on any atom is 0.505 e. The summed E-state index contributed by atoms with van der Waals surface area (Å²) in [5.74, 6) is 0. The summed E-state index contributed by atoms with van der Waals surface area (Å²) in [6.45, 7) is 0.308. The molecule has 0 aliphatic rings. The first kappa shape index (κ1) is 13.3. The summed E-state index contributed by atoms with van der Waals surface area (Å²) >= 11 is 2.29. The number of unbranched alkanes of at least 4 members (excludes halogenated alkanes) is 2. The number of benzene rings is 1. The molecular weight excluding hydrogens is 319 g/mol. The lowest BCUT2D eigenvalue weighted by Gasteiger charge is -2.02. The van der Waals surface area contributed by atoms with E-state index in [2.05, 4.69) is 51.6 Å². The molecule has 0 saturated carbocycles. The summed E-state index contributed by atoms with van der Waals surface area (Å²) in [5.41, 5.74) is 1.33. The largest absolute Gasteiger partial charge is 0.505 e. The minimum Gasteiger partial charge on any atom is -0.450 e. The van der Waals surface area contributed by atoms with Crippen molar-refractivity contribution < 1.29 is 14.6 Å². The van der Waals surface area contributed by atoms with E-state index in [1.807, 2.05) is 0 Å². The molecule has 1 aromatic rings. The third kappa shape index (κ3) is 5.95. The average Bonchev–Trinajstić information content (AvgIpc) is 2.25. The molecule has 0 radical (unpaired) electrons. The van der Waals surface area contributed by atoms with Gasteiger partial charge in [-0.3, -0.25) is 0 Å². The third-order valence-electron chi connectivity index (χ3n) is 2.25. The quantitative estimate of drug-likeness (QED) is 0.490. The van der Waals surface area contributed by atoms with E-state index in [1.54, 1.807) is 0 Å². The van der Waals surface area contributed by atoms with Crippen LogP contribution in [0, 0.1) is 3.57 Å². The molecule has 0 aromatic heterocycles. The molecule has 1 N–H and O–H groups in total. The first-order valence-electron chi connectivity index (χ1n) is 5.28. The SMILES string of the molecule is O=C(O)OCCCCCc1ccc(I)cc1. The molecule has 0 atom stereocenters. The fraction of sp³-hybridized carbons (Fsp3) is 0.417. The molecule has 0 spiro atoms. The number of carboxylic acid groups (broad SMARTS) is 1. The zero-order valence-corrected chi connectivity index (χ0v) is 11.1. The lowest BCUT2D eigenvalue weighted by atomic mass is 10.1. The minimum atomic E-state index is -1.18. The molecule has 0 fully saturated rings. The highest BCUT2D eigenvalue weighted by Gasteiger charge is 1.97. The van der Waals surface area contributed by atoms with Crippen molar-refractivity contribution in [2.24, 2.45) is 0 Å². The Kier molecular flexibility index (Phi) is 6.22. The molecule has 0 heterocycles. The molecule has 1 aromatic carbocycles. The Morgan fingerprint density at radius 3 is 2.50 bits per heavy atom. The molecule has 1 rings (SSSR count). The minimum absolute atomic E-state index is 0.308. The van der Waals surface area contributed by atoms with Crippen LogP contribution in [0.25, 0.3) is 0 Å². The molecule has 16 heavy (non-hydrogen) atoms. The van der Waals surface area contributed by atoms with Crippen LogP contribution in [0.15, 0.2) is 24.3 Å². The number of carbonyl (C=O) groups is 1. The number of ether oxygens (including phenoxy) is 1. The fourth-order valence-electron chi connectivity index (χ4n) is 1.42. The molecule has 88 valence electrons. The second kappa shape index (κ2) is 7.49. The Balaban J connectivity index is 2.07. The van der Waals surface area contributed by atoms with Gasteiger partial charge in [-0.2, -0.15) is 0 Å². The highest BCUT2D eigenvalue weighted by Crippen LogP contribution is 2.10. The van der Waals surface area contributed by atoms with Crippen LogP contribution in [0.3, 0.4) is 0 Å². The normalized spacial score (nSPS) is 10.1. The second-order valence-corrected chi connectivity index (χ2v) is 4.80. The number of rotatable bonds is 6. The summed E-state index contributed by atoms with van der Waals surface area (Å²) in [7, 11) is 0. The molecular formula is C12H15IO3. The van der Waals surface area contributed by atoms with E-state index in [-0.39, 0.29) is 0 Å². The van der Waals surface area contributed by atoms with Gasteiger partial charge in [-0.25, -0.2) is 4.79 Å². The summed E-state index contributed by atoms with van der Waals surface area (Å²) < 4.78 is 5.67. The van der Waals surface area contributed by atoms with Crippen LogP contribution in [-0.4, -0.2) is 17.9 Å². The van der Waals surface area contributed by atoms with Gasteiger partial charge < -0.3 is 9.84 Å². The van der Waals surface area contributed by atoms with E-state index < -0.39 is 6.16 Å². The monoisotopic (exact) mass is 334 g/mol. The van der Waals surface area contributed by atoms with Crippen LogP contribution < -0.4 is 0 Å². The molecule has 0 aliphatic heterocycles. The summed E-state index contributed by atoms with van der Waals surface area (Å²) in [6, 6.07) is 8.47. The Morgan fingerprint density at radius 1 is 1.19 bits per heavy atom. The van der Waals surface area contributed by atoms with E-state index in [0.29, 0.717) is 6.61 Å². The lowest BCUT2D eigenvalue weighted by molar-refractivity contribution is 0.0900. The molecule has 0 aliphatic carbocycles. The van der Waals surface area contributed by atoms with Gasteiger partial charge in [-0.15, -0.1) is 0 Å². The smallest absolute Gasteiger partial charge is 0.450 e. The predicted molar refractivity (Wildman–Crippen MR) is 70.7 cm³/mol. The first-order chi connectivity index (χ1) is 7.68. The number of halogens is 1. The van der Waals surface area contributed by atoms with E-state index in [4.69, 9.17) is 5.11 Å². The maximum atomic E-state index is 10.1. The highest BCUT2D eigenvalue weighted by atomic mass is 127. The number of hydrogen-bond acceptors (Lipinski definition) is 2. The van der Waals surface area contributed by atoms with Gasteiger partial charge in [0.05, 0.1) is 6.61 Å². The molecule has 0 amide bonds. The van der Waals surface area contributed by atoms with Crippen molar-refractivity contribution in [3.63, 3.8) is 0 Å². The predicted octanol–water partition coefficient (Wildman–Crippen LogP) is 3.70. The van der Waals surface area contributed by atoms with Gasteiger partial charge in [0.25, 0.3) is 0 Å². The van der Waals surface area contributed by atoms with Crippen molar-refractivity contribution in [2.75, 3.05) is 6.61 Å². The number of aryl methyl sites for hydroxylation is 1. The van der Waals surface area contributed by atoms with Gasteiger partial charge in [0, 0.05) is 3.57 Å². The third-order valence-corrected chi connectivity index (χ3v) is 2.97. The summed E-state index contributed by atoms with van der Waals surface area (Å²) in [4.78, 5) is 10.1. The zero-order chi connectivity index (χ0) is 11.8. The highest BCUT2D eigenvalue weighted by molar-refractivity contribution is 14.1. The van der Waals surface area contributed by atoms with Crippen LogP contribution in [0.4, 0.5) is 4.79 Å². The Bertz CT molecular complexity index is 322. The van der Waals surface area contributed by atoms with Crippen molar-refractivity contribution in [3.05, 3.63) is 33.4 Å². The van der Waals surface area contributed by atoms with Gasteiger partial charge in [-0.05, 0) is 66.0 Å². The first-order valence-corrected chi connectivity index (χ1v) is 6.36. The zero-order valence-electron chi connectivity index (χ0n) is 8.99. The van der Waals surface area contributed by atoms with E-state index in [0.717, 1.165) is 25.7 Å². The Morgan fingerprint density at radius 2 is 1.88 bits per heavy atom. The average molecular weight is 334 g/mol. The van der Waals surface area contributed by atoms with E-state index in [9.17, 15) is 4.79 Å².